The van der Waals surface area contributed by atoms with E-state index in [1.165, 1.54) is 0 Å². The number of rotatable bonds is 3. The van der Waals surface area contributed by atoms with Gasteiger partial charge in [-0.25, -0.2) is 10.8 Å². The molecule has 0 bridgehead atoms. The molecule has 18 heavy (non-hydrogen) atoms. The minimum absolute atomic E-state index is 0.353. The first kappa shape index (κ1) is 13.1. The van der Waals surface area contributed by atoms with Gasteiger partial charge >= 0.3 is 0 Å². The predicted molar refractivity (Wildman–Crippen MR) is 77.0 cm³/mol. The molecule has 2 aromatic rings. The van der Waals surface area contributed by atoms with Crippen LogP contribution >= 0.6 is 27.5 Å². The lowest BCUT2D eigenvalue weighted by molar-refractivity contribution is 1.07. The van der Waals surface area contributed by atoms with Crippen molar-refractivity contribution in [3.05, 3.63) is 39.5 Å². The minimum Gasteiger partial charge on any atom is -0.339 e. The molecular weight excluding hydrogens is 318 g/mol. The van der Waals surface area contributed by atoms with Gasteiger partial charge in [0.2, 0.25) is 5.95 Å². The number of anilines is 3. The number of nitrogens with two attached hydrogens (primary N) is 1. The second-order valence-corrected chi connectivity index (χ2v) is 4.93. The van der Waals surface area contributed by atoms with Crippen LogP contribution in [0.1, 0.15) is 5.69 Å². The van der Waals surface area contributed by atoms with Gasteiger partial charge in [0.15, 0.2) is 0 Å². The quantitative estimate of drug-likeness (QED) is 0.596. The van der Waals surface area contributed by atoms with Crippen molar-refractivity contribution in [2.45, 2.75) is 6.92 Å². The zero-order valence-corrected chi connectivity index (χ0v) is 11.9. The SMILES string of the molecule is Cc1cc(Nc2ccc(Br)cc2Cl)nc(NN)n1. The van der Waals surface area contributed by atoms with Gasteiger partial charge in [-0.15, -0.1) is 0 Å². The number of hydrazine groups is 1. The molecule has 0 fully saturated rings. The van der Waals surface area contributed by atoms with E-state index in [1.54, 1.807) is 12.1 Å². The first-order chi connectivity index (χ1) is 8.58. The molecule has 0 aliphatic carbocycles. The van der Waals surface area contributed by atoms with E-state index in [9.17, 15) is 0 Å². The minimum atomic E-state index is 0.353. The molecule has 7 heteroatoms. The van der Waals surface area contributed by atoms with Crippen LogP contribution in [0.5, 0.6) is 0 Å². The zero-order valence-electron chi connectivity index (χ0n) is 9.54. The van der Waals surface area contributed by atoms with Crippen LogP contribution in [0.3, 0.4) is 0 Å². The highest BCUT2D eigenvalue weighted by atomic mass is 79.9. The fraction of sp³-hybridized carbons (Fsp3) is 0.0909. The fourth-order valence-electron chi connectivity index (χ4n) is 1.43. The first-order valence-electron chi connectivity index (χ1n) is 5.13. The number of benzene rings is 1. The average molecular weight is 329 g/mol. The molecule has 0 saturated carbocycles. The standard InChI is InChI=1S/C11H11BrClN5/c1-6-4-10(17-11(15-6)18-14)16-9-3-2-7(12)5-8(9)13/h2-5H,14H2,1H3,(H2,15,16,17,18). The normalized spacial score (nSPS) is 10.2. The maximum atomic E-state index is 6.12. The summed E-state index contributed by atoms with van der Waals surface area (Å²) in [7, 11) is 0. The van der Waals surface area contributed by atoms with E-state index in [2.05, 4.69) is 36.6 Å². The fourth-order valence-corrected chi connectivity index (χ4v) is 2.15. The van der Waals surface area contributed by atoms with Crippen LogP contribution in [0, 0.1) is 6.92 Å². The number of halogens is 2. The molecule has 0 saturated heterocycles. The number of aromatic nitrogens is 2. The van der Waals surface area contributed by atoms with Crippen molar-refractivity contribution >= 4 is 45.0 Å². The van der Waals surface area contributed by atoms with E-state index in [0.717, 1.165) is 15.9 Å². The molecule has 0 aliphatic heterocycles. The summed E-state index contributed by atoms with van der Waals surface area (Å²) in [6, 6.07) is 7.36. The van der Waals surface area contributed by atoms with E-state index in [0.29, 0.717) is 16.8 Å². The van der Waals surface area contributed by atoms with E-state index in [-0.39, 0.29) is 0 Å². The van der Waals surface area contributed by atoms with E-state index >= 15 is 0 Å². The Balaban J connectivity index is 2.30. The third kappa shape index (κ3) is 3.10. The van der Waals surface area contributed by atoms with Gasteiger partial charge in [-0.2, -0.15) is 4.98 Å². The largest absolute Gasteiger partial charge is 0.339 e. The van der Waals surface area contributed by atoms with Gasteiger partial charge in [0, 0.05) is 16.2 Å². The van der Waals surface area contributed by atoms with Crippen LogP contribution in [0.25, 0.3) is 0 Å². The summed E-state index contributed by atoms with van der Waals surface area (Å²) in [6.45, 7) is 1.86. The van der Waals surface area contributed by atoms with Crippen molar-refractivity contribution in [1.29, 1.82) is 0 Å². The molecule has 0 unspecified atom stereocenters. The van der Waals surface area contributed by atoms with E-state index in [1.807, 2.05) is 19.1 Å². The van der Waals surface area contributed by atoms with Crippen LogP contribution in [-0.2, 0) is 0 Å². The highest BCUT2D eigenvalue weighted by molar-refractivity contribution is 9.10. The van der Waals surface area contributed by atoms with E-state index < -0.39 is 0 Å². The van der Waals surface area contributed by atoms with Crippen molar-refractivity contribution in [1.82, 2.24) is 9.97 Å². The number of nitrogens with zero attached hydrogens (tertiary/aromatic N) is 2. The zero-order chi connectivity index (χ0) is 13.1. The molecule has 5 nitrogen and oxygen atoms in total. The van der Waals surface area contributed by atoms with Crippen LogP contribution in [0.15, 0.2) is 28.7 Å². The first-order valence-corrected chi connectivity index (χ1v) is 6.30. The Morgan fingerprint density at radius 3 is 2.72 bits per heavy atom. The van der Waals surface area contributed by atoms with Crippen molar-refractivity contribution in [2.24, 2.45) is 5.84 Å². The second-order valence-electron chi connectivity index (χ2n) is 3.61. The summed E-state index contributed by atoms with van der Waals surface area (Å²) >= 11 is 9.47. The summed E-state index contributed by atoms with van der Waals surface area (Å²) in [4.78, 5) is 8.28. The average Bonchev–Trinajstić information content (AvgIpc) is 2.32. The Labute approximate surface area is 118 Å². The third-order valence-corrected chi connectivity index (χ3v) is 2.98. The molecule has 0 amide bonds. The summed E-state index contributed by atoms with van der Waals surface area (Å²) in [5.74, 6) is 6.27. The highest BCUT2D eigenvalue weighted by Crippen LogP contribution is 2.28. The summed E-state index contributed by atoms with van der Waals surface area (Å²) in [5.41, 5.74) is 3.98. The number of hydrogen-bond acceptors (Lipinski definition) is 5. The van der Waals surface area contributed by atoms with Gasteiger partial charge < -0.3 is 5.32 Å². The number of hydrogen-bond donors (Lipinski definition) is 3. The lowest BCUT2D eigenvalue weighted by Gasteiger charge is -2.09. The highest BCUT2D eigenvalue weighted by Gasteiger charge is 2.05. The Kier molecular flexibility index (Phi) is 4.00. The number of nitrogen functional groups attached to an aromatic ring is 1. The van der Waals surface area contributed by atoms with Gasteiger partial charge in [-0.1, -0.05) is 27.5 Å². The van der Waals surface area contributed by atoms with Crippen LogP contribution < -0.4 is 16.6 Å². The van der Waals surface area contributed by atoms with Gasteiger partial charge in [-0.3, -0.25) is 5.43 Å². The van der Waals surface area contributed by atoms with E-state index in [4.69, 9.17) is 17.4 Å². The van der Waals surface area contributed by atoms with Gasteiger partial charge in [-0.05, 0) is 25.1 Å². The number of aryl methyl sites for hydroxylation is 1. The maximum absolute atomic E-state index is 6.12. The van der Waals surface area contributed by atoms with Crippen molar-refractivity contribution in [3.8, 4) is 0 Å². The number of nitrogens with one attached hydrogen (secondary N) is 2. The van der Waals surface area contributed by atoms with Crippen LogP contribution in [0.2, 0.25) is 5.02 Å². The predicted octanol–water partition coefficient (Wildman–Crippen LogP) is 3.23. The summed E-state index contributed by atoms with van der Waals surface area (Å²) in [5, 5.41) is 3.72. The van der Waals surface area contributed by atoms with Crippen molar-refractivity contribution in [3.63, 3.8) is 0 Å². The molecule has 1 aromatic heterocycles. The molecule has 0 spiro atoms. The third-order valence-electron chi connectivity index (χ3n) is 2.18. The Morgan fingerprint density at radius 2 is 2.06 bits per heavy atom. The maximum Gasteiger partial charge on any atom is 0.239 e. The molecule has 0 atom stereocenters. The van der Waals surface area contributed by atoms with Gasteiger partial charge in [0.1, 0.15) is 5.82 Å². The molecule has 2 rings (SSSR count). The molecule has 4 N–H and O–H groups in total. The lowest BCUT2D eigenvalue weighted by atomic mass is 10.3. The smallest absolute Gasteiger partial charge is 0.239 e. The topological polar surface area (TPSA) is 75.9 Å². The summed E-state index contributed by atoms with van der Waals surface area (Å²) < 4.78 is 0.918. The van der Waals surface area contributed by atoms with Crippen molar-refractivity contribution in [2.75, 3.05) is 10.7 Å². The van der Waals surface area contributed by atoms with Gasteiger partial charge in [0.05, 0.1) is 10.7 Å². The summed E-state index contributed by atoms with van der Waals surface area (Å²) in [6.07, 6.45) is 0. The Hall–Kier alpha value is -1.37. The lowest BCUT2D eigenvalue weighted by Crippen LogP contribution is -2.11. The Morgan fingerprint density at radius 1 is 1.28 bits per heavy atom. The monoisotopic (exact) mass is 327 g/mol. The molecule has 1 aromatic carbocycles. The van der Waals surface area contributed by atoms with Crippen LogP contribution in [0.4, 0.5) is 17.5 Å². The molecule has 1 heterocycles. The van der Waals surface area contributed by atoms with Gasteiger partial charge in [0.25, 0.3) is 0 Å². The molecule has 0 radical (unpaired) electrons. The Bertz CT molecular complexity index is 575. The molecule has 0 aliphatic rings. The van der Waals surface area contributed by atoms with Crippen molar-refractivity contribution < 1.29 is 0 Å². The second kappa shape index (κ2) is 5.51. The molecule has 94 valence electrons. The van der Waals surface area contributed by atoms with Crippen LogP contribution in [-0.4, -0.2) is 9.97 Å². The molecular formula is C11H11BrClN5.